The predicted octanol–water partition coefficient (Wildman–Crippen LogP) is 1.76. The zero-order valence-corrected chi connectivity index (χ0v) is 12.6. The molecule has 0 aliphatic heterocycles. The zero-order chi connectivity index (χ0) is 14.9. The van der Waals surface area contributed by atoms with Crippen LogP contribution in [0.2, 0.25) is 0 Å². The normalized spacial score (nSPS) is 13.0. The fourth-order valence-electron chi connectivity index (χ4n) is 2.58. The average molecular weight is 272 g/mol. The molecule has 0 spiro atoms. The van der Waals surface area contributed by atoms with Crippen molar-refractivity contribution in [3.8, 4) is 0 Å². The molecular weight excluding hydrogens is 251 g/mol. The number of hydrogen-bond acceptors (Lipinski definition) is 2. The monoisotopic (exact) mass is 272 g/mol. The van der Waals surface area contributed by atoms with Gasteiger partial charge in [0.25, 0.3) is 0 Å². The Kier molecular flexibility index (Phi) is 4.16. The third kappa shape index (κ3) is 3.03. The van der Waals surface area contributed by atoms with Crippen LogP contribution < -0.4 is 5.46 Å². The average Bonchev–Trinajstić information content (AvgIpc) is 2.66. The third-order valence-corrected chi connectivity index (χ3v) is 3.56. The van der Waals surface area contributed by atoms with Crippen LogP contribution in [0.15, 0.2) is 24.4 Å². The van der Waals surface area contributed by atoms with Crippen LogP contribution in [0.5, 0.6) is 0 Å². The quantitative estimate of drug-likeness (QED) is 0.473. The van der Waals surface area contributed by atoms with Crippen molar-refractivity contribution < 1.29 is 4.92 Å². The molecule has 0 aliphatic rings. The summed E-state index contributed by atoms with van der Waals surface area (Å²) in [6.07, 6.45) is 2.57. The van der Waals surface area contributed by atoms with Gasteiger partial charge in [-0.15, -0.1) is 0 Å². The lowest BCUT2D eigenvalue weighted by molar-refractivity contribution is -0.517. The molecule has 2 aromatic rings. The highest BCUT2D eigenvalue weighted by atomic mass is 16.6. The van der Waals surface area contributed by atoms with E-state index >= 15 is 0 Å². The van der Waals surface area contributed by atoms with Gasteiger partial charge in [0.05, 0.1) is 0 Å². The highest BCUT2D eigenvalue weighted by Crippen LogP contribution is 2.23. The van der Waals surface area contributed by atoms with E-state index in [9.17, 15) is 10.1 Å². The molecule has 0 fully saturated rings. The van der Waals surface area contributed by atoms with Gasteiger partial charge in [0.1, 0.15) is 7.85 Å². The van der Waals surface area contributed by atoms with E-state index in [0.717, 1.165) is 17.5 Å². The van der Waals surface area contributed by atoms with Crippen LogP contribution in [0.3, 0.4) is 0 Å². The summed E-state index contributed by atoms with van der Waals surface area (Å²) >= 11 is 0. The summed E-state index contributed by atoms with van der Waals surface area (Å²) in [5, 5.41) is 12.0. The Bertz CT molecular complexity index is 634. The van der Waals surface area contributed by atoms with Crippen molar-refractivity contribution in [3.05, 3.63) is 40.1 Å². The Morgan fingerprint density at radius 3 is 2.65 bits per heavy atom. The minimum absolute atomic E-state index is 0.209. The molecule has 4 nitrogen and oxygen atoms in total. The van der Waals surface area contributed by atoms with Crippen LogP contribution in [-0.2, 0) is 13.0 Å². The van der Waals surface area contributed by atoms with Gasteiger partial charge < -0.3 is 4.57 Å². The van der Waals surface area contributed by atoms with Crippen LogP contribution >= 0.6 is 0 Å². The summed E-state index contributed by atoms with van der Waals surface area (Å²) in [6.45, 7) is 6.97. The van der Waals surface area contributed by atoms with Crippen molar-refractivity contribution in [1.29, 1.82) is 0 Å². The van der Waals surface area contributed by atoms with E-state index in [1.54, 1.807) is 6.92 Å². The lowest BCUT2D eigenvalue weighted by atomic mass is 9.94. The maximum Gasteiger partial charge on any atom is 0.214 e. The maximum atomic E-state index is 10.9. The smallest absolute Gasteiger partial charge is 0.214 e. The maximum absolute atomic E-state index is 10.9. The summed E-state index contributed by atoms with van der Waals surface area (Å²) in [4.78, 5) is 10.7. The number of nitrogens with zero attached hydrogens (tertiary/aromatic N) is 2. The molecule has 0 saturated carbocycles. The molecule has 5 heteroatoms. The van der Waals surface area contributed by atoms with E-state index in [1.165, 1.54) is 11.0 Å². The van der Waals surface area contributed by atoms with Gasteiger partial charge in [-0.25, -0.2) is 0 Å². The fourth-order valence-corrected chi connectivity index (χ4v) is 2.58. The van der Waals surface area contributed by atoms with Gasteiger partial charge in [-0.05, 0) is 17.5 Å². The topological polar surface area (TPSA) is 48.1 Å². The number of benzene rings is 1. The molecular formula is C15H21BN2O2. The molecule has 106 valence electrons. The summed E-state index contributed by atoms with van der Waals surface area (Å²) in [6, 6.07) is 5.78. The first kappa shape index (κ1) is 14.6. The largest absolute Gasteiger partial charge is 0.347 e. The molecule has 2 rings (SSSR count). The van der Waals surface area contributed by atoms with Gasteiger partial charge in [0.2, 0.25) is 6.04 Å². The first-order valence-corrected chi connectivity index (χ1v) is 7.10. The SMILES string of the molecule is Bc1ccc2c(CC(C)[N+](=O)[O-])cn(CC(C)C)c2c1. The molecule has 20 heavy (non-hydrogen) atoms. The molecule has 0 saturated heterocycles. The summed E-state index contributed by atoms with van der Waals surface area (Å²) < 4.78 is 2.23. The molecule has 1 unspecified atom stereocenters. The lowest BCUT2D eigenvalue weighted by Crippen LogP contribution is -2.17. The van der Waals surface area contributed by atoms with E-state index < -0.39 is 6.04 Å². The van der Waals surface area contributed by atoms with Crippen molar-refractivity contribution in [2.24, 2.45) is 5.92 Å². The van der Waals surface area contributed by atoms with Gasteiger partial charge >= 0.3 is 0 Å². The Morgan fingerprint density at radius 1 is 1.35 bits per heavy atom. The number of hydrogen-bond donors (Lipinski definition) is 0. The molecule has 0 amide bonds. The lowest BCUT2D eigenvalue weighted by Gasteiger charge is -2.08. The second-order valence-corrected chi connectivity index (χ2v) is 6.06. The molecule has 0 N–H and O–H groups in total. The molecule has 0 bridgehead atoms. The van der Waals surface area contributed by atoms with Crippen molar-refractivity contribution in [3.63, 3.8) is 0 Å². The standard InChI is InChI=1S/C15H21BN2O2/c1-10(2)8-17-9-12(6-11(3)18(19)20)14-5-4-13(16)7-15(14)17/h4-5,7,9-11H,6,8,16H2,1-3H3. The third-order valence-electron chi connectivity index (χ3n) is 3.56. The highest BCUT2D eigenvalue weighted by Gasteiger charge is 2.18. The van der Waals surface area contributed by atoms with Crippen LogP contribution in [-0.4, -0.2) is 23.4 Å². The molecule has 0 aliphatic carbocycles. The van der Waals surface area contributed by atoms with Gasteiger partial charge in [-0.2, -0.15) is 0 Å². The van der Waals surface area contributed by atoms with Gasteiger partial charge in [-0.1, -0.05) is 31.4 Å². The Labute approximate surface area is 120 Å². The highest BCUT2D eigenvalue weighted by molar-refractivity contribution is 6.33. The Balaban J connectivity index is 2.47. The van der Waals surface area contributed by atoms with Crippen LogP contribution in [0.25, 0.3) is 10.9 Å². The van der Waals surface area contributed by atoms with Gasteiger partial charge in [-0.3, -0.25) is 10.1 Å². The molecule has 1 heterocycles. The predicted molar refractivity (Wildman–Crippen MR) is 85.1 cm³/mol. The molecule has 1 atom stereocenters. The van der Waals surface area contributed by atoms with Crippen LogP contribution in [0, 0.1) is 16.0 Å². The number of nitro groups is 1. The molecule has 0 radical (unpaired) electrons. The molecule has 1 aromatic carbocycles. The number of fused-ring (bicyclic) bond motifs is 1. The zero-order valence-electron chi connectivity index (χ0n) is 12.6. The summed E-state index contributed by atoms with van der Waals surface area (Å²) in [5.74, 6) is 0.548. The molecule has 1 aromatic heterocycles. The number of aromatic nitrogens is 1. The second kappa shape index (κ2) is 5.69. The minimum Gasteiger partial charge on any atom is -0.347 e. The van der Waals surface area contributed by atoms with Crippen molar-refractivity contribution in [2.45, 2.75) is 39.8 Å². The van der Waals surface area contributed by atoms with Crippen LogP contribution in [0.4, 0.5) is 0 Å². The Morgan fingerprint density at radius 2 is 2.05 bits per heavy atom. The second-order valence-electron chi connectivity index (χ2n) is 6.06. The van der Waals surface area contributed by atoms with E-state index in [4.69, 9.17) is 0 Å². The van der Waals surface area contributed by atoms with Crippen LogP contribution in [0.1, 0.15) is 26.3 Å². The summed E-state index contributed by atoms with van der Waals surface area (Å²) in [5.41, 5.74) is 3.48. The van der Waals surface area contributed by atoms with E-state index in [1.807, 2.05) is 0 Å². The fraction of sp³-hybridized carbons (Fsp3) is 0.467. The van der Waals surface area contributed by atoms with Crippen molar-refractivity contribution in [1.82, 2.24) is 4.57 Å². The summed E-state index contributed by atoms with van der Waals surface area (Å²) in [7, 11) is 2.07. The van der Waals surface area contributed by atoms with E-state index in [0.29, 0.717) is 12.3 Å². The first-order chi connectivity index (χ1) is 9.38. The van der Waals surface area contributed by atoms with Gasteiger partial charge in [0, 0.05) is 41.9 Å². The van der Waals surface area contributed by atoms with Crippen molar-refractivity contribution in [2.75, 3.05) is 0 Å². The van der Waals surface area contributed by atoms with E-state index in [-0.39, 0.29) is 4.92 Å². The first-order valence-electron chi connectivity index (χ1n) is 7.10. The van der Waals surface area contributed by atoms with Crippen molar-refractivity contribution >= 4 is 24.2 Å². The van der Waals surface area contributed by atoms with Gasteiger partial charge in [0.15, 0.2) is 0 Å². The minimum atomic E-state index is -0.547. The Hall–Kier alpha value is -1.78. The van der Waals surface area contributed by atoms with E-state index in [2.05, 4.69) is 50.7 Å². The number of rotatable bonds is 5.